The summed E-state index contributed by atoms with van der Waals surface area (Å²) in [5.74, 6) is 0.876. The maximum atomic E-state index is 9.57. The van der Waals surface area contributed by atoms with Crippen LogP contribution in [-0.2, 0) is 0 Å². The van der Waals surface area contributed by atoms with Crippen LogP contribution < -0.4 is 4.90 Å². The van der Waals surface area contributed by atoms with Gasteiger partial charge in [-0.1, -0.05) is 12.1 Å². The number of benzene rings is 1. The maximum Gasteiger partial charge on any atom is 0.167 e. The van der Waals surface area contributed by atoms with Gasteiger partial charge in [-0.05, 0) is 38.2 Å². The molecule has 3 aromatic heterocycles. The number of likely N-dealkylation sites (N-methyl/N-ethyl adjacent to an activating group) is 1. The van der Waals surface area contributed by atoms with Gasteiger partial charge in [0.05, 0.1) is 22.8 Å². The lowest BCUT2D eigenvalue weighted by molar-refractivity contribution is 0.360. The van der Waals surface area contributed by atoms with Gasteiger partial charge in [-0.2, -0.15) is 5.26 Å². The number of rotatable bonds is 1. The Balaban J connectivity index is 1.76. The number of pyridine rings is 1. The standard InChI is InChI=1S/C20H19N7/c1-25-7-4-8-26(10-9-25)18-13-22-16-11-14(12-21)19-23-15-5-2-3-6-17(15)27(19)20(16)24-18/h2-3,5-6,11,13H,4,7-10H2,1H3. The average Bonchev–Trinajstić information content (AvgIpc) is 2.96. The zero-order valence-electron chi connectivity index (χ0n) is 15.1. The molecule has 0 N–H and O–H groups in total. The molecule has 4 heterocycles. The minimum atomic E-state index is 0.511. The highest BCUT2D eigenvalue weighted by Crippen LogP contribution is 2.25. The van der Waals surface area contributed by atoms with Crippen molar-refractivity contribution in [1.29, 1.82) is 5.26 Å². The summed E-state index contributed by atoms with van der Waals surface area (Å²) in [6, 6.07) is 11.9. The lowest BCUT2D eigenvalue weighted by Gasteiger charge is -2.21. The summed E-state index contributed by atoms with van der Waals surface area (Å²) in [5, 5.41) is 9.57. The van der Waals surface area contributed by atoms with Crippen molar-refractivity contribution < 1.29 is 0 Å². The molecule has 1 fully saturated rings. The fourth-order valence-corrected chi connectivity index (χ4v) is 3.78. The van der Waals surface area contributed by atoms with E-state index in [-0.39, 0.29) is 0 Å². The lowest BCUT2D eigenvalue weighted by atomic mass is 10.2. The molecule has 7 heteroatoms. The van der Waals surface area contributed by atoms with Crippen LogP contribution in [0.15, 0.2) is 36.5 Å². The van der Waals surface area contributed by atoms with Gasteiger partial charge in [0.2, 0.25) is 0 Å². The Labute approximate surface area is 156 Å². The van der Waals surface area contributed by atoms with Crippen LogP contribution in [0, 0.1) is 11.3 Å². The molecule has 0 unspecified atom stereocenters. The third-order valence-corrected chi connectivity index (χ3v) is 5.23. The smallest absolute Gasteiger partial charge is 0.167 e. The van der Waals surface area contributed by atoms with Crippen molar-refractivity contribution in [3.63, 3.8) is 0 Å². The van der Waals surface area contributed by atoms with Crippen molar-refractivity contribution in [2.45, 2.75) is 6.42 Å². The molecular formula is C20H19N7. The van der Waals surface area contributed by atoms with Gasteiger partial charge in [-0.15, -0.1) is 0 Å². The molecule has 0 bridgehead atoms. The molecule has 0 radical (unpaired) electrons. The highest BCUT2D eigenvalue weighted by molar-refractivity contribution is 5.90. The number of anilines is 1. The molecule has 134 valence electrons. The molecule has 27 heavy (non-hydrogen) atoms. The van der Waals surface area contributed by atoms with Gasteiger partial charge in [0.1, 0.15) is 17.4 Å². The molecule has 0 amide bonds. The Bertz CT molecular complexity index is 1200. The quantitative estimate of drug-likeness (QED) is 0.521. The minimum absolute atomic E-state index is 0.511. The van der Waals surface area contributed by atoms with E-state index in [4.69, 9.17) is 4.98 Å². The van der Waals surface area contributed by atoms with Crippen LogP contribution in [0.25, 0.3) is 27.8 Å². The molecule has 5 rings (SSSR count). The van der Waals surface area contributed by atoms with Crippen molar-refractivity contribution in [1.82, 2.24) is 24.3 Å². The summed E-state index contributed by atoms with van der Waals surface area (Å²) >= 11 is 0. The Morgan fingerprint density at radius 2 is 1.89 bits per heavy atom. The minimum Gasteiger partial charge on any atom is -0.354 e. The zero-order valence-corrected chi connectivity index (χ0v) is 15.1. The topological polar surface area (TPSA) is 73.3 Å². The van der Waals surface area contributed by atoms with Gasteiger partial charge in [-0.3, -0.25) is 4.40 Å². The first-order valence-corrected chi connectivity index (χ1v) is 9.15. The van der Waals surface area contributed by atoms with Crippen molar-refractivity contribution in [2.24, 2.45) is 0 Å². The second-order valence-electron chi connectivity index (χ2n) is 7.01. The van der Waals surface area contributed by atoms with Crippen LogP contribution in [0.4, 0.5) is 5.82 Å². The van der Waals surface area contributed by atoms with E-state index in [1.165, 1.54) is 0 Å². The first-order valence-electron chi connectivity index (χ1n) is 9.15. The van der Waals surface area contributed by atoms with Gasteiger partial charge in [0.25, 0.3) is 0 Å². The van der Waals surface area contributed by atoms with Gasteiger partial charge in [-0.25, -0.2) is 15.0 Å². The predicted octanol–water partition coefficient (Wildman–Crippen LogP) is 2.44. The average molecular weight is 357 g/mol. The summed E-state index contributed by atoms with van der Waals surface area (Å²) in [6.07, 6.45) is 2.92. The van der Waals surface area contributed by atoms with E-state index in [0.29, 0.717) is 16.7 Å². The monoisotopic (exact) mass is 357 g/mol. The summed E-state index contributed by atoms with van der Waals surface area (Å²) < 4.78 is 1.96. The Hall–Kier alpha value is -3.24. The van der Waals surface area contributed by atoms with Crippen LogP contribution >= 0.6 is 0 Å². The normalized spacial score (nSPS) is 16.1. The van der Waals surface area contributed by atoms with Crippen LogP contribution in [0.1, 0.15) is 12.0 Å². The van der Waals surface area contributed by atoms with Crippen molar-refractivity contribution in [3.05, 3.63) is 42.1 Å². The maximum absolute atomic E-state index is 9.57. The molecule has 0 saturated carbocycles. The van der Waals surface area contributed by atoms with Crippen LogP contribution in [0.5, 0.6) is 0 Å². The van der Waals surface area contributed by atoms with Crippen molar-refractivity contribution >= 4 is 33.7 Å². The number of nitriles is 1. The van der Waals surface area contributed by atoms with E-state index in [1.54, 1.807) is 6.07 Å². The number of fused-ring (bicyclic) bond motifs is 5. The van der Waals surface area contributed by atoms with E-state index in [0.717, 1.165) is 55.1 Å². The van der Waals surface area contributed by atoms with Gasteiger partial charge < -0.3 is 9.80 Å². The number of imidazole rings is 1. The number of hydrogen-bond acceptors (Lipinski definition) is 6. The third-order valence-electron chi connectivity index (χ3n) is 5.23. The predicted molar refractivity (Wildman–Crippen MR) is 105 cm³/mol. The molecule has 1 aromatic carbocycles. The Kier molecular flexibility index (Phi) is 3.66. The number of hydrogen-bond donors (Lipinski definition) is 0. The van der Waals surface area contributed by atoms with E-state index in [1.807, 2.05) is 34.9 Å². The Morgan fingerprint density at radius 3 is 2.78 bits per heavy atom. The molecule has 0 spiro atoms. The second kappa shape index (κ2) is 6.18. The van der Waals surface area contributed by atoms with E-state index < -0.39 is 0 Å². The van der Waals surface area contributed by atoms with Gasteiger partial charge >= 0.3 is 0 Å². The fourth-order valence-electron chi connectivity index (χ4n) is 3.78. The van der Waals surface area contributed by atoms with E-state index >= 15 is 0 Å². The summed E-state index contributed by atoms with van der Waals surface area (Å²) in [4.78, 5) is 18.9. The molecule has 1 aliphatic rings. The largest absolute Gasteiger partial charge is 0.354 e. The molecular weight excluding hydrogens is 338 g/mol. The highest BCUT2D eigenvalue weighted by Gasteiger charge is 2.18. The second-order valence-corrected chi connectivity index (χ2v) is 7.01. The van der Waals surface area contributed by atoms with E-state index in [2.05, 4.69) is 32.9 Å². The van der Waals surface area contributed by atoms with Crippen LogP contribution in [-0.4, -0.2) is 57.5 Å². The van der Waals surface area contributed by atoms with Crippen molar-refractivity contribution in [3.8, 4) is 6.07 Å². The molecule has 0 aliphatic carbocycles. The molecule has 4 aromatic rings. The fraction of sp³-hybridized carbons (Fsp3) is 0.300. The SMILES string of the molecule is CN1CCCN(c2cnc3cc(C#N)c4nc5ccccc5n4c3n2)CC1. The number of aromatic nitrogens is 4. The molecule has 7 nitrogen and oxygen atoms in total. The van der Waals surface area contributed by atoms with Crippen LogP contribution in [0.2, 0.25) is 0 Å². The number of para-hydroxylation sites is 2. The number of nitrogens with zero attached hydrogens (tertiary/aromatic N) is 7. The summed E-state index contributed by atoms with van der Waals surface area (Å²) in [7, 11) is 2.15. The molecule has 1 saturated heterocycles. The highest BCUT2D eigenvalue weighted by atomic mass is 15.3. The summed E-state index contributed by atoms with van der Waals surface area (Å²) in [5.41, 5.74) is 4.39. The summed E-state index contributed by atoms with van der Waals surface area (Å²) in [6.45, 7) is 4.01. The zero-order chi connectivity index (χ0) is 18.4. The van der Waals surface area contributed by atoms with E-state index in [9.17, 15) is 5.26 Å². The molecule has 1 aliphatic heterocycles. The van der Waals surface area contributed by atoms with Crippen LogP contribution in [0.3, 0.4) is 0 Å². The molecule has 0 atom stereocenters. The lowest BCUT2D eigenvalue weighted by Crippen LogP contribution is -2.29. The Morgan fingerprint density at radius 1 is 1.00 bits per heavy atom. The van der Waals surface area contributed by atoms with Gasteiger partial charge in [0.15, 0.2) is 11.3 Å². The van der Waals surface area contributed by atoms with Gasteiger partial charge in [0, 0.05) is 19.6 Å². The first kappa shape index (κ1) is 16.0. The van der Waals surface area contributed by atoms with Crippen molar-refractivity contribution in [2.75, 3.05) is 38.1 Å². The third kappa shape index (κ3) is 2.57. The first-order chi connectivity index (χ1) is 13.2.